The van der Waals surface area contributed by atoms with E-state index in [-0.39, 0.29) is 23.7 Å². The summed E-state index contributed by atoms with van der Waals surface area (Å²) in [7, 11) is 0. The number of amides is 1. The van der Waals surface area contributed by atoms with Crippen molar-refractivity contribution in [2.45, 2.75) is 32.4 Å². The minimum absolute atomic E-state index is 0.0164. The van der Waals surface area contributed by atoms with Crippen LogP contribution in [0.5, 0.6) is 0 Å². The predicted molar refractivity (Wildman–Crippen MR) is 75.0 cm³/mol. The SMILES string of the molecule is CC(C)CN1C(=O)CC(N)C1c1cccc([N+](=O)[O-])c1. The third-order valence-corrected chi connectivity index (χ3v) is 3.46. The number of carbonyl (C=O) groups is 1. The highest BCUT2D eigenvalue weighted by Crippen LogP contribution is 2.34. The standard InChI is InChI=1S/C14H19N3O3/c1-9(2)8-16-13(18)7-12(15)14(16)10-4-3-5-11(6-10)17(19)20/h3-6,9,12,14H,7-8,15H2,1-2H3. The zero-order valence-corrected chi connectivity index (χ0v) is 11.7. The van der Waals surface area contributed by atoms with E-state index in [1.54, 1.807) is 17.0 Å². The normalized spacial score (nSPS) is 22.6. The first kappa shape index (κ1) is 14.5. The zero-order valence-electron chi connectivity index (χ0n) is 11.7. The van der Waals surface area contributed by atoms with Gasteiger partial charge in [-0.05, 0) is 11.5 Å². The fourth-order valence-electron chi connectivity index (χ4n) is 2.68. The number of nitro benzene ring substituents is 1. The Morgan fingerprint density at radius 1 is 1.50 bits per heavy atom. The Morgan fingerprint density at radius 3 is 2.80 bits per heavy atom. The summed E-state index contributed by atoms with van der Waals surface area (Å²) in [5, 5.41) is 10.9. The van der Waals surface area contributed by atoms with Crippen molar-refractivity contribution in [1.29, 1.82) is 0 Å². The van der Waals surface area contributed by atoms with Gasteiger partial charge in [-0.2, -0.15) is 0 Å². The van der Waals surface area contributed by atoms with Crippen molar-refractivity contribution in [3.63, 3.8) is 0 Å². The van der Waals surface area contributed by atoms with Gasteiger partial charge < -0.3 is 10.6 Å². The fraction of sp³-hybridized carbons (Fsp3) is 0.500. The first-order valence-electron chi connectivity index (χ1n) is 6.69. The largest absolute Gasteiger partial charge is 0.334 e. The van der Waals surface area contributed by atoms with Crippen LogP contribution in [-0.2, 0) is 4.79 Å². The van der Waals surface area contributed by atoms with E-state index in [2.05, 4.69) is 0 Å². The van der Waals surface area contributed by atoms with Gasteiger partial charge in [-0.3, -0.25) is 14.9 Å². The molecular weight excluding hydrogens is 258 g/mol. The summed E-state index contributed by atoms with van der Waals surface area (Å²) in [6.07, 6.45) is 0.292. The van der Waals surface area contributed by atoms with Crippen molar-refractivity contribution in [3.8, 4) is 0 Å². The van der Waals surface area contributed by atoms with Gasteiger partial charge in [0.05, 0.1) is 11.0 Å². The molecule has 0 saturated carbocycles. The smallest absolute Gasteiger partial charge is 0.269 e. The van der Waals surface area contributed by atoms with Crippen molar-refractivity contribution in [1.82, 2.24) is 4.90 Å². The molecule has 0 radical (unpaired) electrons. The van der Waals surface area contributed by atoms with Crippen LogP contribution in [0.3, 0.4) is 0 Å². The van der Waals surface area contributed by atoms with Crippen LogP contribution >= 0.6 is 0 Å². The molecule has 108 valence electrons. The molecule has 1 aromatic rings. The lowest BCUT2D eigenvalue weighted by Crippen LogP contribution is -2.35. The highest BCUT2D eigenvalue weighted by Gasteiger charge is 2.39. The highest BCUT2D eigenvalue weighted by atomic mass is 16.6. The van der Waals surface area contributed by atoms with Gasteiger partial charge in [0, 0.05) is 31.1 Å². The van der Waals surface area contributed by atoms with Crippen LogP contribution in [0, 0.1) is 16.0 Å². The second kappa shape index (κ2) is 5.58. The Balaban J connectivity index is 2.35. The fourth-order valence-corrected chi connectivity index (χ4v) is 2.68. The number of carbonyl (C=O) groups excluding carboxylic acids is 1. The van der Waals surface area contributed by atoms with Crippen molar-refractivity contribution >= 4 is 11.6 Å². The van der Waals surface area contributed by atoms with Gasteiger partial charge in [0.2, 0.25) is 5.91 Å². The molecule has 1 aromatic carbocycles. The third kappa shape index (κ3) is 2.80. The molecule has 20 heavy (non-hydrogen) atoms. The molecule has 1 fully saturated rings. The predicted octanol–water partition coefficient (Wildman–Crippen LogP) is 1.85. The molecule has 1 aliphatic rings. The molecule has 0 bridgehead atoms. The second-order valence-electron chi connectivity index (χ2n) is 5.60. The molecule has 6 heteroatoms. The number of hydrogen-bond acceptors (Lipinski definition) is 4. The minimum Gasteiger partial charge on any atom is -0.334 e. The van der Waals surface area contributed by atoms with Crippen LogP contribution in [0.15, 0.2) is 24.3 Å². The van der Waals surface area contributed by atoms with E-state index in [0.717, 1.165) is 5.56 Å². The highest BCUT2D eigenvalue weighted by molar-refractivity contribution is 5.80. The lowest BCUT2D eigenvalue weighted by atomic mass is 9.99. The van der Waals surface area contributed by atoms with Crippen LogP contribution < -0.4 is 5.73 Å². The molecule has 2 N–H and O–H groups in total. The summed E-state index contributed by atoms with van der Waals surface area (Å²) in [5.74, 6) is 0.341. The van der Waals surface area contributed by atoms with E-state index in [1.165, 1.54) is 12.1 Å². The molecule has 0 aromatic heterocycles. The van der Waals surface area contributed by atoms with Crippen LogP contribution in [0.25, 0.3) is 0 Å². The number of non-ortho nitro benzene ring substituents is 1. The lowest BCUT2D eigenvalue weighted by molar-refractivity contribution is -0.384. The zero-order chi connectivity index (χ0) is 14.9. The molecule has 2 unspecified atom stereocenters. The molecule has 0 spiro atoms. The number of benzene rings is 1. The van der Waals surface area contributed by atoms with E-state index < -0.39 is 4.92 Å². The first-order valence-corrected chi connectivity index (χ1v) is 6.69. The maximum absolute atomic E-state index is 12.0. The first-order chi connectivity index (χ1) is 9.40. The maximum Gasteiger partial charge on any atom is 0.269 e. The van der Waals surface area contributed by atoms with Gasteiger partial charge in [0.25, 0.3) is 5.69 Å². The van der Waals surface area contributed by atoms with Crippen LogP contribution in [-0.4, -0.2) is 28.3 Å². The third-order valence-electron chi connectivity index (χ3n) is 3.46. The number of nitrogens with zero attached hydrogens (tertiary/aromatic N) is 2. The minimum atomic E-state index is -0.432. The van der Waals surface area contributed by atoms with E-state index in [0.29, 0.717) is 18.9 Å². The molecule has 0 aliphatic carbocycles. The summed E-state index contributed by atoms with van der Waals surface area (Å²) in [5.41, 5.74) is 6.82. The molecule has 1 heterocycles. The maximum atomic E-state index is 12.0. The molecule has 1 aliphatic heterocycles. The summed E-state index contributed by atoms with van der Waals surface area (Å²) in [6, 6.07) is 5.79. The Bertz CT molecular complexity index is 530. The molecule has 6 nitrogen and oxygen atoms in total. The second-order valence-corrected chi connectivity index (χ2v) is 5.60. The molecule has 1 saturated heterocycles. The Morgan fingerprint density at radius 2 is 2.20 bits per heavy atom. The van der Waals surface area contributed by atoms with Gasteiger partial charge in [0.15, 0.2) is 0 Å². The molecule has 1 amide bonds. The van der Waals surface area contributed by atoms with Crippen LogP contribution in [0.1, 0.15) is 31.9 Å². The van der Waals surface area contributed by atoms with Crippen LogP contribution in [0.2, 0.25) is 0 Å². The summed E-state index contributed by atoms with van der Waals surface area (Å²) >= 11 is 0. The van der Waals surface area contributed by atoms with Crippen molar-refractivity contribution < 1.29 is 9.72 Å². The number of rotatable bonds is 4. The van der Waals surface area contributed by atoms with Crippen molar-refractivity contribution in [2.24, 2.45) is 11.7 Å². The summed E-state index contributed by atoms with van der Waals surface area (Å²) < 4.78 is 0. The Labute approximate surface area is 117 Å². The van der Waals surface area contributed by atoms with Gasteiger partial charge in [-0.25, -0.2) is 0 Å². The van der Waals surface area contributed by atoms with Gasteiger partial charge in [-0.1, -0.05) is 26.0 Å². The van der Waals surface area contributed by atoms with Crippen molar-refractivity contribution in [3.05, 3.63) is 39.9 Å². The number of likely N-dealkylation sites (tertiary alicyclic amines) is 1. The summed E-state index contributed by atoms with van der Waals surface area (Å²) in [4.78, 5) is 24.2. The lowest BCUT2D eigenvalue weighted by Gasteiger charge is -2.28. The number of hydrogen-bond donors (Lipinski definition) is 1. The van der Waals surface area contributed by atoms with E-state index in [4.69, 9.17) is 5.73 Å². The Hall–Kier alpha value is -1.95. The van der Waals surface area contributed by atoms with E-state index in [1.807, 2.05) is 13.8 Å². The average molecular weight is 277 g/mol. The molecule has 2 rings (SSSR count). The van der Waals surface area contributed by atoms with Crippen LogP contribution in [0.4, 0.5) is 5.69 Å². The number of nitrogens with two attached hydrogens (primary N) is 1. The van der Waals surface area contributed by atoms with Gasteiger partial charge >= 0.3 is 0 Å². The van der Waals surface area contributed by atoms with Crippen molar-refractivity contribution in [2.75, 3.05) is 6.54 Å². The number of nitro groups is 1. The molecular formula is C14H19N3O3. The van der Waals surface area contributed by atoms with E-state index >= 15 is 0 Å². The van der Waals surface area contributed by atoms with Gasteiger partial charge in [-0.15, -0.1) is 0 Å². The van der Waals surface area contributed by atoms with E-state index in [9.17, 15) is 14.9 Å². The monoisotopic (exact) mass is 277 g/mol. The Kier molecular flexibility index (Phi) is 4.04. The average Bonchev–Trinajstić information content (AvgIpc) is 2.63. The quantitative estimate of drug-likeness (QED) is 0.671. The topological polar surface area (TPSA) is 89.5 Å². The van der Waals surface area contributed by atoms with Gasteiger partial charge in [0.1, 0.15) is 0 Å². The molecule has 2 atom stereocenters. The summed E-state index contributed by atoms with van der Waals surface area (Å²) in [6.45, 7) is 4.67.